The fraction of sp³-hybridized carbons (Fsp3) is 0.583. The third-order valence-corrected chi connectivity index (χ3v) is 6.00. The van der Waals surface area contributed by atoms with Crippen LogP contribution in [-0.4, -0.2) is 44.5 Å². The monoisotopic (exact) mass is 382 g/mol. The fourth-order valence-electron chi connectivity index (χ4n) is 2.14. The average Bonchev–Trinajstić information content (AvgIpc) is 2.42. The van der Waals surface area contributed by atoms with Gasteiger partial charge in [-0.25, -0.2) is 17.7 Å². The van der Waals surface area contributed by atoms with Gasteiger partial charge in [0.25, 0.3) is 0 Å². The summed E-state index contributed by atoms with van der Waals surface area (Å²) in [5, 5.41) is -0.00738. The van der Waals surface area contributed by atoms with E-state index in [1.807, 2.05) is 0 Å². The van der Waals surface area contributed by atoms with Gasteiger partial charge in [-0.2, -0.15) is 0 Å². The van der Waals surface area contributed by atoms with E-state index < -0.39 is 10.0 Å². The Balaban J connectivity index is 2.18. The van der Waals surface area contributed by atoms with Gasteiger partial charge in [0.15, 0.2) is 0 Å². The van der Waals surface area contributed by atoms with Crippen LogP contribution in [0, 0.1) is 5.92 Å². The van der Waals surface area contributed by atoms with Crippen molar-refractivity contribution in [2.45, 2.75) is 17.7 Å². The Hall–Kier alpha value is -0.210. The van der Waals surface area contributed by atoms with Crippen LogP contribution >= 0.6 is 27.5 Å². The Morgan fingerprint density at radius 2 is 2.15 bits per heavy atom. The predicted octanol–water partition coefficient (Wildman–Crippen LogP) is 2.54. The highest BCUT2D eigenvalue weighted by Gasteiger charge is 2.27. The molecule has 0 N–H and O–H groups in total. The van der Waals surface area contributed by atoms with E-state index in [0.717, 1.165) is 12.8 Å². The molecule has 8 heteroatoms. The second-order valence-corrected chi connectivity index (χ2v) is 8.07. The smallest absolute Gasteiger partial charge is 0.245 e. The van der Waals surface area contributed by atoms with Gasteiger partial charge in [0.2, 0.25) is 10.0 Å². The Bertz CT molecular complexity index is 576. The molecular formula is C12H16BrClN2O3S. The molecule has 0 spiro atoms. The van der Waals surface area contributed by atoms with Crippen LogP contribution < -0.4 is 0 Å². The molecule has 0 saturated carbocycles. The second-order valence-electron chi connectivity index (χ2n) is 4.78. The van der Waals surface area contributed by atoms with Crippen LogP contribution in [0.2, 0.25) is 5.15 Å². The number of nitrogens with zero attached hydrogens (tertiary/aromatic N) is 2. The summed E-state index contributed by atoms with van der Waals surface area (Å²) < 4.78 is 32.3. The van der Waals surface area contributed by atoms with E-state index in [1.54, 1.807) is 7.05 Å². The Labute approximate surface area is 132 Å². The van der Waals surface area contributed by atoms with Gasteiger partial charge in [0.1, 0.15) is 10.0 Å². The lowest BCUT2D eigenvalue weighted by Gasteiger charge is -2.26. The zero-order chi connectivity index (χ0) is 14.8. The van der Waals surface area contributed by atoms with Crippen LogP contribution in [0.4, 0.5) is 0 Å². The maximum Gasteiger partial charge on any atom is 0.245 e. The quantitative estimate of drug-likeness (QED) is 0.750. The van der Waals surface area contributed by atoms with E-state index in [-0.39, 0.29) is 10.0 Å². The molecule has 112 valence electrons. The highest BCUT2D eigenvalue weighted by atomic mass is 79.9. The maximum absolute atomic E-state index is 12.5. The van der Waals surface area contributed by atoms with Gasteiger partial charge >= 0.3 is 0 Å². The first-order valence-corrected chi connectivity index (χ1v) is 8.87. The minimum atomic E-state index is -3.62. The molecule has 1 aliphatic rings. The van der Waals surface area contributed by atoms with E-state index in [4.69, 9.17) is 16.3 Å². The standard InChI is InChI=1S/C12H16BrClN2O3S/c1-16(8-9-2-4-19-5-3-9)20(17,18)11-6-10(13)7-15-12(11)14/h6-7,9H,2-5,8H2,1H3. The zero-order valence-electron chi connectivity index (χ0n) is 11.1. The molecule has 1 aliphatic heterocycles. The lowest BCUT2D eigenvalue weighted by atomic mass is 10.0. The molecule has 2 rings (SSSR count). The molecule has 5 nitrogen and oxygen atoms in total. The first kappa shape index (κ1) is 16.2. The molecule has 1 saturated heterocycles. The maximum atomic E-state index is 12.5. The predicted molar refractivity (Wildman–Crippen MR) is 80.3 cm³/mol. The van der Waals surface area contributed by atoms with E-state index in [1.165, 1.54) is 16.6 Å². The van der Waals surface area contributed by atoms with Crippen molar-refractivity contribution in [1.29, 1.82) is 0 Å². The SMILES string of the molecule is CN(CC1CCOCC1)S(=O)(=O)c1cc(Br)cnc1Cl. The summed E-state index contributed by atoms with van der Waals surface area (Å²) in [5.74, 6) is 0.322. The van der Waals surface area contributed by atoms with Gasteiger partial charge in [-0.3, -0.25) is 0 Å². The van der Waals surface area contributed by atoms with Crippen molar-refractivity contribution in [2.75, 3.05) is 26.8 Å². The third-order valence-electron chi connectivity index (χ3n) is 3.32. The minimum absolute atomic E-state index is 0.00738. The van der Waals surface area contributed by atoms with Crippen molar-refractivity contribution in [3.05, 3.63) is 21.9 Å². The van der Waals surface area contributed by atoms with Crippen molar-refractivity contribution in [2.24, 2.45) is 5.92 Å². The highest BCUT2D eigenvalue weighted by molar-refractivity contribution is 9.10. The largest absolute Gasteiger partial charge is 0.381 e. The molecule has 2 heterocycles. The molecular weight excluding hydrogens is 368 g/mol. The lowest BCUT2D eigenvalue weighted by Crippen LogP contribution is -2.34. The number of aromatic nitrogens is 1. The molecule has 1 aromatic rings. The van der Waals surface area contributed by atoms with Crippen molar-refractivity contribution >= 4 is 37.6 Å². The first-order chi connectivity index (χ1) is 9.41. The van der Waals surface area contributed by atoms with Crippen LogP contribution in [0.25, 0.3) is 0 Å². The molecule has 0 radical (unpaired) electrons. The minimum Gasteiger partial charge on any atom is -0.381 e. The summed E-state index contributed by atoms with van der Waals surface area (Å²) in [4.78, 5) is 3.90. The molecule has 1 aromatic heterocycles. The fourth-order valence-corrected chi connectivity index (χ4v) is 4.31. The number of sulfonamides is 1. The molecule has 0 aromatic carbocycles. The summed E-state index contributed by atoms with van der Waals surface area (Å²) in [6.45, 7) is 1.85. The molecule has 0 amide bonds. The van der Waals surface area contributed by atoms with Crippen LogP contribution in [0.3, 0.4) is 0 Å². The van der Waals surface area contributed by atoms with Gasteiger partial charge in [-0.15, -0.1) is 0 Å². The highest BCUT2D eigenvalue weighted by Crippen LogP contribution is 2.26. The molecule has 0 unspecified atom stereocenters. The average molecular weight is 384 g/mol. The summed E-state index contributed by atoms with van der Waals surface area (Å²) in [6.07, 6.45) is 3.23. The molecule has 0 bridgehead atoms. The molecule has 0 atom stereocenters. The molecule has 20 heavy (non-hydrogen) atoms. The summed E-state index contributed by atoms with van der Waals surface area (Å²) in [5.41, 5.74) is 0. The van der Waals surface area contributed by atoms with Crippen LogP contribution in [-0.2, 0) is 14.8 Å². The summed E-state index contributed by atoms with van der Waals surface area (Å²) >= 11 is 9.13. The van der Waals surface area contributed by atoms with Gasteiger partial charge < -0.3 is 4.74 Å². The van der Waals surface area contributed by atoms with Gasteiger partial charge in [0.05, 0.1) is 0 Å². The molecule has 0 aliphatic carbocycles. The van der Waals surface area contributed by atoms with E-state index in [9.17, 15) is 8.42 Å². The number of hydrogen-bond acceptors (Lipinski definition) is 4. The third kappa shape index (κ3) is 3.71. The summed E-state index contributed by atoms with van der Waals surface area (Å²) in [7, 11) is -2.05. The lowest BCUT2D eigenvalue weighted by molar-refractivity contribution is 0.0620. The van der Waals surface area contributed by atoms with Crippen molar-refractivity contribution < 1.29 is 13.2 Å². The number of pyridine rings is 1. The van der Waals surface area contributed by atoms with Crippen LogP contribution in [0.1, 0.15) is 12.8 Å². The number of ether oxygens (including phenoxy) is 1. The number of rotatable bonds is 4. The van der Waals surface area contributed by atoms with Crippen molar-refractivity contribution in [1.82, 2.24) is 9.29 Å². The van der Waals surface area contributed by atoms with Gasteiger partial charge in [0, 0.05) is 37.5 Å². The van der Waals surface area contributed by atoms with E-state index in [0.29, 0.717) is 30.1 Å². The summed E-state index contributed by atoms with van der Waals surface area (Å²) in [6, 6.07) is 1.48. The normalized spacial score (nSPS) is 17.6. The first-order valence-electron chi connectivity index (χ1n) is 6.26. The molecule has 1 fully saturated rings. The van der Waals surface area contributed by atoms with Crippen molar-refractivity contribution in [3.63, 3.8) is 0 Å². The topological polar surface area (TPSA) is 59.5 Å². The van der Waals surface area contributed by atoms with E-state index in [2.05, 4.69) is 20.9 Å². The zero-order valence-corrected chi connectivity index (χ0v) is 14.2. The Morgan fingerprint density at radius 1 is 1.50 bits per heavy atom. The Morgan fingerprint density at radius 3 is 2.80 bits per heavy atom. The second kappa shape index (κ2) is 6.70. The number of hydrogen-bond donors (Lipinski definition) is 0. The van der Waals surface area contributed by atoms with E-state index >= 15 is 0 Å². The van der Waals surface area contributed by atoms with Gasteiger partial charge in [-0.1, -0.05) is 11.6 Å². The number of halogens is 2. The van der Waals surface area contributed by atoms with Crippen LogP contribution in [0.5, 0.6) is 0 Å². The van der Waals surface area contributed by atoms with Gasteiger partial charge in [-0.05, 0) is 40.8 Å². The Kier molecular flexibility index (Phi) is 5.42. The van der Waals surface area contributed by atoms with Crippen molar-refractivity contribution in [3.8, 4) is 0 Å². The van der Waals surface area contributed by atoms with Crippen LogP contribution in [0.15, 0.2) is 21.6 Å².